The molecule has 0 amide bonds. The molecule has 0 fully saturated rings. The first-order chi connectivity index (χ1) is 9.40. The lowest BCUT2D eigenvalue weighted by atomic mass is 10.0. The molecule has 0 aliphatic heterocycles. The number of nitrogens with zero attached hydrogens (tertiary/aromatic N) is 1. The maximum Gasteiger partial charge on any atom is 0.309 e. The van der Waals surface area contributed by atoms with Crippen molar-refractivity contribution in [1.82, 2.24) is 4.98 Å². The number of carboxylic acids is 1. The second-order valence-corrected chi connectivity index (χ2v) is 5.13. The summed E-state index contributed by atoms with van der Waals surface area (Å²) in [5, 5.41) is 9.47. The Labute approximate surface area is 128 Å². The Morgan fingerprint density at radius 2 is 1.90 bits per heavy atom. The molecule has 0 spiro atoms. The van der Waals surface area contributed by atoms with Crippen molar-refractivity contribution in [2.45, 2.75) is 6.42 Å². The first kappa shape index (κ1) is 15.0. The van der Waals surface area contributed by atoms with Crippen molar-refractivity contribution in [3.8, 4) is 11.1 Å². The van der Waals surface area contributed by atoms with E-state index in [1.807, 2.05) is 0 Å². The zero-order valence-electron chi connectivity index (χ0n) is 9.83. The highest BCUT2D eigenvalue weighted by molar-refractivity contribution is 6.46. The topological polar surface area (TPSA) is 50.2 Å². The van der Waals surface area contributed by atoms with Gasteiger partial charge in [0.2, 0.25) is 0 Å². The summed E-state index contributed by atoms with van der Waals surface area (Å²) in [6.07, 6.45) is 0.558. The number of aliphatic carboxylic acids is 1. The van der Waals surface area contributed by atoms with Gasteiger partial charge < -0.3 is 5.11 Å². The largest absolute Gasteiger partial charge is 0.481 e. The number of carbonyl (C=O) groups is 1. The SMILES string of the molecule is O=C(O)Cc1ncc(F)cc1-c1c(Cl)ccc(Cl)c1Cl. The molecule has 104 valence electrons. The van der Waals surface area contributed by atoms with Crippen molar-refractivity contribution in [3.63, 3.8) is 0 Å². The third-order valence-corrected chi connectivity index (χ3v) is 3.69. The lowest BCUT2D eigenvalue weighted by Crippen LogP contribution is -2.05. The standard InChI is InChI=1S/C13H7Cl3FNO2/c14-8-1-2-9(15)13(16)12(8)7-3-6(17)5-18-10(7)4-11(19)20/h1-3,5H,4H2,(H,19,20). The highest BCUT2D eigenvalue weighted by Gasteiger charge is 2.18. The van der Waals surface area contributed by atoms with Crippen LogP contribution in [0.4, 0.5) is 4.39 Å². The van der Waals surface area contributed by atoms with Gasteiger partial charge in [-0.05, 0) is 18.2 Å². The van der Waals surface area contributed by atoms with E-state index in [2.05, 4.69) is 4.98 Å². The monoisotopic (exact) mass is 333 g/mol. The molecule has 2 aromatic rings. The number of rotatable bonds is 3. The lowest BCUT2D eigenvalue weighted by molar-refractivity contribution is -0.136. The summed E-state index contributed by atoms with van der Waals surface area (Å²) in [6, 6.07) is 4.13. The van der Waals surface area contributed by atoms with Crippen molar-refractivity contribution < 1.29 is 14.3 Å². The van der Waals surface area contributed by atoms with Gasteiger partial charge in [0, 0.05) is 11.1 Å². The number of hydrogen-bond acceptors (Lipinski definition) is 2. The Morgan fingerprint density at radius 3 is 2.55 bits per heavy atom. The summed E-state index contributed by atoms with van der Waals surface area (Å²) in [5.41, 5.74) is 0.638. The number of aromatic nitrogens is 1. The number of hydrogen-bond donors (Lipinski definition) is 1. The van der Waals surface area contributed by atoms with Crippen molar-refractivity contribution in [1.29, 1.82) is 0 Å². The maximum absolute atomic E-state index is 13.4. The molecule has 0 saturated heterocycles. The van der Waals surface area contributed by atoms with E-state index >= 15 is 0 Å². The quantitative estimate of drug-likeness (QED) is 0.842. The van der Waals surface area contributed by atoms with E-state index in [4.69, 9.17) is 39.9 Å². The average Bonchev–Trinajstić information content (AvgIpc) is 2.37. The normalized spacial score (nSPS) is 10.6. The van der Waals surface area contributed by atoms with Crippen LogP contribution in [0.2, 0.25) is 15.1 Å². The smallest absolute Gasteiger partial charge is 0.309 e. The molecule has 1 N–H and O–H groups in total. The summed E-state index contributed by atoms with van der Waals surface area (Å²) in [5.74, 6) is -1.72. The molecular formula is C13H7Cl3FNO2. The van der Waals surface area contributed by atoms with Crippen molar-refractivity contribution in [2.24, 2.45) is 0 Å². The lowest BCUT2D eigenvalue weighted by Gasteiger charge is -2.12. The van der Waals surface area contributed by atoms with E-state index in [9.17, 15) is 9.18 Å². The molecule has 0 atom stereocenters. The van der Waals surface area contributed by atoms with Crippen LogP contribution in [0.5, 0.6) is 0 Å². The van der Waals surface area contributed by atoms with Crippen molar-refractivity contribution in [2.75, 3.05) is 0 Å². The fourth-order valence-electron chi connectivity index (χ4n) is 1.74. The molecule has 0 aliphatic rings. The van der Waals surface area contributed by atoms with E-state index in [-0.39, 0.29) is 38.3 Å². The molecule has 0 unspecified atom stereocenters. The van der Waals surface area contributed by atoms with Crippen molar-refractivity contribution in [3.05, 3.63) is 51.0 Å². The van der Waals surface area contributed by atoms with Crippen LogP contribution in [0.25, 0.3) is 11.1 Å². The van der Waals surface area contributed by atoms with E-state index in [1.165, 1.54) is 12.1 Å². The van der Waals surface area contributed by atoms with Crippen LogP contribution in [0.3, 0.4) is 0 Å². The van der Waals surface area contributed by atoms with Crippen molar-refractivity contribution >= 4 is 40.8 Å². The number of carboxylic acid groups (broad SMARTS) is 1. The minimum Gasteiger partial charge on any atom is -0.481 e. The molecule has 1 heterocycles. The zero-order chi connectivity index (χ0) is 14.9. The highest BCUT2D eigenvalue weighted by atomic mass is 35.5. The minimum atomic E-state index is -1.10. The van der Waals surface area contributed by atoms with Gasteiger partial charge in [-0.1, -0.05) is 34.8 Å². The van der Waals surface area contributed by atoms with Gasteiger partial charge in [-0.3, -0.25) is 9.78 Å². The van der Waals surface area contributed by atoms with E-state index < -0.39 is 11.8 Å². The predicted octanol–water partition coefficient (Wildman–Crippen LogP) is 4.48. The van der Waals surface area contributed by atoms with Gasteiger partial charge in [-0.15, -0.1) is 0 Å². The molecule has 0 radical (unpaired) electrons. The highest BCUT2D eigenvalue weighted by Crippen LogP contribution is 2.40. The second kappa shape index (κ2) is 5.95. The fourth-order valence-corrected chi connectivity index (χ4v) is 2.47. The fraction of sp³-hybridized carbons (Fsp3) is 0.0769. The van der Waals surface area contributed by atoms with Crippen LogP contribution in [-0.2, 0) is 11.2 Å². The van der Waals surface area contributed by atoms with Gasteiger partial charge in [0.15, 0.2) is 0 Å². The van der Waals surface area contributed by atoms with Crippen LogP contribution < -0.4 is 0 Å². The second-order valence-electron chi connectivity index (χ2n) is 3.94. The minimum absolute atomic E-state index is 0.123. The van der Waals surface area contributed by atoms with Gasteiger partial charge in [-0.25, -0.2) is 4.39 Å². The summed E-state index contributed by atoms with van der Waals surface area (Å²) >= 11 is 18.0. The molecule has 1 aromatic heterocycles. The van der Waals surface area contributed by atoms with Crippen LogP contribution >= 0.6 is 34.8 Å². The number of halogens is 4. The first-order valence-electron chi connectivity index (χ1n) is 5.40. The van der Waals surface area contributed by atoms with Gasteiger partial charge in [0.25, 0.3) is 0 Å². The summed E-state index contributed by atoms with van der Waals surface area (Å²) in [6.45, 7) is 0. The Bertz CT molecular complexity index is 692. The molecule has 0 aliphatic carbocycles. The van der Waals surface area contributed by atoms with Gasteiger partial charge in [-0.2, -0.15) is 0 Å². The molecular weight excluding hydrogens is 328 g/mol. The Kier molecular flexibility index (Phi) is 4.48. The Balaban J connectivity index is 2.71. The van der Waals surface area contributed by atoms with Crippen LogP contribution in [-0.4, -0.2) is 16.1 Å². The Hall–Kier alpha value is -1.36. The van der Waals surface area contributed by atoms with Gasteiger partial charge >= 0.3 is 5.97 Å². The van der Waals surface area contributed by atoms with E-state index in [1.54, 1.807) is 0 Å². The van der Waals surface area contributed by atoms with E-state index in [0.717, 1.165) is 12.3 Å². The molecule has 3 nitrogen and oxygen atoms in total. The van der Waals surface area contributed by atoms with E-state index in [0.29, 0.717) is 0 Å². The maximum atomic E-state index is 13.4. The zero-order valence-corrected chi connectivity index (χ0v) is 12.1. The average molecular weight is 335 g/mol. The molecule has 2 rings (SSSR count). The number of benzene rings is 1. The summed E-state index contributed by atoms with van der Waals surface area (Å²) in [7, 11) is 0. The molecule has 0 saturated carbocycles. The number of pyridine rings is 1. The Morgan fingerprint density at radius 1 is 1.25 bits per heavy atom. The van der Waals surface area contributed by atoms with Gasteiger partial charge in [0.1, 0.15) is 5.82 Å². The predicted molar refractivity (Wildman–Crippen MR) is 76.0 cm³/mol. The molecule has 0 bridgehead atoms. The third kappa shape index (κ3) is 3.03. The van der Waals surface area contributed by atoms with Crippen LogP contribution in [0.15, 0.2) is 24.4 Å². The van der Waals surface area contributed by atoms with Crippen LogP contribution in [0, 0.1) is 5.82 Å². The van der Waals surface area contributed by atoms with Crippen LogP contribution in [0.1, 0.15) is 5.69 Å². The third-order valence-electron chi connectivity index (χ3n) is 2.57. The first-order valence-corrected chi connectivity index (χ1v) is 6.53. The van der Waals surface area contributed by atoms with Gasteiger partial charge in [0.05, 0.1) is 33.4 Å². The molecule has 1 aromatic carbocycles. The molecule has 20 heavy (non-hydrogen) atoms. The summed E-state index contributed by atoms with van der Waals surface area (Å²) in [4.78, 5) is 14.6. The molecule has 7 heteroatoms. The summed E-state index contributed by atoms with van der Waals surface area (Å²) < 4.78 is 13.4.